The summed E-state index contributed by atoms with van der Waals surface area (Å²) in [6, 6.07) is 7.99. The first-order valence-corrected chi connectivity index (χ1v) is 6.95. The van der Waals surface area contributed by atoms with Gasteiger partial charge in [-0.25, -0.2) is 4.98 Å². The first kappa shape index (κ1) is 12.2. The van der Waals surface area contributed by atoms with E-state index in [1.807, 2.05) is 40.7 Å². The Hall–Kier alpha value is -1.84. The standard InChI is InChI=1S/C15H19N3O/c1-12-16-13-7-3-4-8-14(13)18(12)11-15(19)17-9-5-2-6-10-17/h3-4,7-8H,2,5-6,9-11H2,1H3. The number of aryl methyl sites for hydroxylation is 1. The number of imidazole rings is 1. The summed E-state index contributed by atoms with van der Waals surface area (Å²) in [4.78, 5) is 18.8. The van der Waals surface area contributed by atoms with E-state index in [2.05, 4.69) is 4.98 Å². The highest BCUT2D eigenvalue weighted by Crippen LogP contribution is 2.16. The summed E-state index contributed by atoms with van der Waals surface area (Å²) < 4.78 is 2.02. The molecule has 19 heavy (non-hydrogen) atoms. The number of carbonyl (C=O) groups excluding carboxylic acids is 1. The SMILES string of the molecule is Cc1nc2ccccc2n1CC(=O)N1CCCCC1. The minimum atomic E-state index is 0.214. The number of para-hydroxylation sites is 2. The summed E-state index contributed by atoms with van der Waals surface area (Å²) in [6.07, 6.45) is 3.52. The monoisotopic (exact) mass is 257 g/mol. The Bertz CT molecular complexity index is 596. The largest absolute Gasteiger partial charge is 0.341 e. The first-order valence-electron chi connectivity index (χ1n) is 6.95. The zero-order chi connectivity index (χ0) is 13.2. The van der Waals surface area contributed by atoms with Gasteiger partial charge in [0.05, 0.1) is 11.0 Å². The van der Waals surface area contributed by atoms with E-state index >= 15 is 0 Å². The number of aromatic nitrogens is 2. The quantitative estimate of drug-likeness (QED) is 0.828. The second kappa shape index (κ2) is 5.03. The van der Waals surface area contributed by atoms with E-state index in [0.717, 1.165) is 42.8 Å². The van der Waals surface area contributed by atoms with Gasteiger partial charge >= 0.3 is 0 Å². The van der Waals surface area contributed by atoms with Crippen LogP contribution in [-0.4, -0.2) is 33.4 Å². The van der Waals surface area contributed by atoms with Crippen molar-refractivity contribution in [2.75, 3.05) is 13.1 Å². The number of carbonyl (C=O) groups is 1. The summed E-state index contributed by atoms with van der Waals surface area (Å²) in [5, 5.41) is 0. The van der Waals surface area contributed by atoms with Crippen molar-refractivity contribution in [2.24, 2.45) is 0 Å². The van der Waals surface area contributed by atoms with Gasteiger partial charge in [0.25, 0.3) is 0 Å². The average molecular weight is 257 g/mol. The van der Waals surface area contributed by atoms with Crippen LogP contribution >= 0.6 is 0 Å². The fraction of sp³-hybridized carbons (Fsp3) is 0.467. The normalized spacial score (nSPS) is 15.9. The molecule has 2 aromatic rings. The van der Waals surface area contributed by atoms with Crippen molar-refractivity contribution >= 4 is 16.9 Å². The Morgan fingerprint density at radius 3 is 2.74 bits per heavy atom. The lowest BCUT2D eigenvalue weighted by atomic mass is 10.1. The second-order valence-corrected chi connectivity index (χ2v) is 5.18. The number of benzene rings is 1. The highest BCUT2D eigenvalue weighted by molar-refractivity contribution is 5.81. The molecule has 0 aliphatic carbocycles. The molecule has 2 heterocycles. The van der Waals surface area contributed by atoms with Gasteiger partial charge in [0.15, 0.2) is 0 Å². The molecule has 1 aromatic carbocycles. The lowest BCUT2D eigenvalue weighted by molar-refractivity contribution is -0.132. The number of amides is 1. The minimum Gasteiger partial charge on any atom is -0.341 e. The Kier molecular flexibility index (Phi) is 3.23. The number of rotatable bonds is 2. The van der Waals surface area contributed by atoms with Crippen LogP contribution in [0.25, 0.3) is 11.0 Å². The summed E-state index contributed by atoms with van der Waals surface area (Å²) >= 11 is 0. The molecule has 4 nitrogen and oxygen atoms in total. The Labute approximate surface area is 113 Å². The molecular weight excluding hydrogens is 238 g/mol. The number of piperidine rings is 1. The molecule has 1 aliphatic rings. The molecule has 0 spiro atoms. The number of nitrogens with zero attached hydrogens (tertiary/aromatic N) is 3. The Morgan fingerprint density at radius 2 is 1.95 bits per heavy atom. The molecule has 0 bridgehead atoms. The third-order valence-corrected chi connectivity index (χ3v) is 3.85. The maximum Gasteiger partial charge on any atom is 0.242 e. The van der Waals surface area contributed by atoms with Crippen molar-refractivity contribution in [3.63, 3.8) is 0 Å². The third kappa shape index (κ3) is 2.35. The Morgan fingerprint density at radius 1 is 1.21 bits per heavy atom. The van der Waals surface area contributed by atoms with Crippen LogP contribution in [-0.2, 0) is 11.3 Å². The van der Waals surface area contributed by atoms with Crippen molar-refractivity contribution in [1.82, 2.24) is 14.5 Å². The van der Waals surface area contributed by atoms with E-state index in [9.17, 15) is 4.79 Å². The molecular formula is C15H19N3O. The molecule has 0 radical (unpaired) electrons. The van der Waals surface area contributed by atoms with E-state index in [0.29, 0.717) is 6.54 Å². The maximum absolute atomic E-state index is 12.3. The summed E-state index contributed by atoms with van der Waals surface area (Å²) in [5.74, 6) is 1.12. The van der Waals surface area contributed by atoms with E-state index in [-0.39, 0.29) is 5.91 Å². The predicted molar refractivity (Wildman–Crippen MR) is 74.9 cm³/mol. The molecule has 4 heteroatoms. The smallest absolute Gasteiger partial charge is 0.242 e. The second-order valence-electron chi connectivity index (χ2n) is 5.18. The van der Waals surface area contributed by atoms with E-state index in [1.54, 1.807) is 0 Å². The van der Waals surface area contributed by atoms with Crippen LogP contribution in [0.4, 0.5) is 0 Å². The zero-order valence-corrected chi connectivity index (χ0v) is 11.3. The molecule has 1 aromatic heterocycles. The summed E-state index contributed by atoms with van der Waals surface area (Å²) in [6.45, 7) is 4.19. The molecule has 1 amide bonds. The molecule has 0 saturated carbocycles. The van der Waals surface area contributed by atoms with Crippen molar-refractivity contribution in [3.05, 3.63) is 30.1 Å². The molecule has 0 atom stereocenters. The van der Waals surface area contributed by atoms with Crippen LogP contribution < -0.4 is 0 Å². The fourth-order valence-electron chi connectivity index (χ4n) is 2.77. The van der Waals surface area contributed by atoms with Crippen LogP contribution in [0.2, 0.25) is 0 Å². The van der Waals surface area contributed by atoms with Gasteiger partial charge in [0.1, 0.15) is 12.4 Å². The van der Waals surface area contributed by atoms with Gasteiger partial charge < -0.3 is 9.47 Å². The third-order valence-electron chi connectivity index (χ3n) is 3.85. The predicted octanol–water partition coefficient (Wildman–Crippen LogP) is 2.36. The Balaban J connectivity index is 1.84. The highest BCUT2D eigenvalue weighted by atomic mass is 16.2. The van der Waals surface area contributed by atoms with Gasteiger partial charge in [0.2, 0.25) is 5.91 Å². The molecule has 0 N–H and O–H groups in total. The van der Waals surface area contributed by atoms with Crippen molar-refractivity contribution in [2.45, 2.75) is 32.7 Å². The number of hydrogen-bond acceptors (Lipinski definition) is 2. The van der Waals surface area contributed by atoms with Gasteiger partial charge in [-0.2, -0.15) is 0 Å². The summed E-state index contributed by atoms with van der Waals surface area (Å²) in [7, 11) is 0. The maximum atomic E-state index is 12.3. The van der Waals surface area contributed by atoms with E-state index in [4.69, 9.17) is 0 Å². The van der Waals surface area contributed by atoms with Gasteiger partial charge in [-0.3, -0.25) is 4.79 Å². The number of hydrogen-bond donors (Lipinski definition) is 0. The molecule has 100 valence electrons. The van der Waals surface area contributed by atoms with Gasteiger partial charge in [-0.15, -0.1) is 0 Å². The first-order chi connectivity index (χ1) is 9.25. The molecule has 1 saturated heterocycles. The summed E-state index contributed by atoms with van der Waals surface area (Å²) in [5.41, 5.74) is 2.01. The van der Waals surface area contributed by atoms with Gasteiger partial charge in [-0.05, 0) is 38.3 Å². The number of likely N-dealkylation sites (tertiary alicyclic amines) is 1. The van der Waals surface area contributed by atoms with Crippen LogP contribution in [0.1, 0.15) is 25.1 Å². The molecule has 1 fully saturated rings. The van der Waals surface area contributed by atoms with Crippen LogP contribution in [0, 0.1) is 6.92 Å². The van der Waals surface area contributed by atoms with Crippen LogP contribution in [0.5, 0.6) is 0 Å². The van der Waals surface area contributed by atoms with E-state index < -0.39 is 0 Å². The van der Waals surface area contributed by atoms with Crippen LogP contribution in [0.3, 0.4) is 0 Å². The zero-order valence-electron chi connectivity index (χ0n) is 11.3. The van der Waals surface area contributed by atoms with Gasteiger partial charge in [0, 0.05) is 13.1 Å². The fourth-order valence-corrected chi connectivity index (χ4v) is 2.77. The molecule has 0 unspecified atom stereocenters. The number of fused-ring (bicyclic) bond motifs is 1. The molecule has 1 aliphatic heterocycles. The van der Waals surface area contributed by atoms with Crippen molar-refractivity contribution in [1.29, 1.82) is 0 Å². The topological polar surface area (TPSA) is 38.1 Å². The minimum absolute atomic E-state index is 0.214. The van der Waals surface area contributed by atoms with Crippen molar-refractivity contribution < 1.29 is 4.79 Å². The molecule has 3 rings (SSSR count). The lowest BCUT2D eigenvalue weighted by Crippen LogP contribution is -2.37. The highest BCUT2D eigenvalue weighted by Gasteiger charge is 2.18. The van der Waals surface area contributed by atoms with E-state index in [1.165, 1.54) is 6.42 Å². The van der Waals surface area contributed by atoms with Crippen molar-refractivity contribution in [3.8, 4) is 0 Å². The average Bonchev–Trinajstić information content (AvgIpc) is 2.76. The van der Waals surface area contributed by atoms with Gasteiger partial charge in [-0.1, -0.05) is 12.1 Å². The van der Waals surface area contributed by atoms with Crippen LogP contribution in [0.15, 0.2) is 24.3 Å². The lowest BCUT2D eigenvalue weighted by Gasteiger charge is -2.27.